The maximum absolute atomic E-state index is 13.8. The molecule has 11 heteroatoms. The molecule has 0 fully saturated rings. The number of esters is 1. The summed E-state index contributed by atoms with van der Waals surface area (Å²) in [5.74, 6) is -0.872. The number of nitrogens with one attached hydrogen (secondary N) is 2. The van der Waals surface area contributed by atoms with E-state index in [4.69, 9.17) is 21.1 Å². The summed E-state index contributed by atoms with van der Waals surface area (Å²) >= 11 is 6.39. The van der Waals surface area contributed by atoms with Crippen molar-refractivity contribution in [3.05, 3.63) is 118 Å². The Morgan fingerprint density at radius 1 is 0.953 bits per heavy atom. The summed E-state index contributed by atoms with van der Waals surface area (Å²) in [6, 6.07) is 23.4. The number of hydrogen-bond donors (Lipinski definition) is 2. The molecule has 0 aliphatic heterocycles. The fourth-order valence-electron chi connectivity index (χ4n) is 4.48. The molecule has 43 heavy (non-hydrogen) atoms. The number of para-hydroxylation sites is 1. The number of halogens is 4. The van der Waals surface area contributed by atoms with E-state index in [0.717, 1.165) is 6.07 Å². The maximum atomic E-state index is 13.8. The predicted molar refractivity (Wildman–Crippen MR) is 158 cm³/mol. The second-order valence-electron chi connectivity index (χ2n) is 9.17. The van der Waals surface area contributed by atoms with Gasteiger partial charge in [0.25, 0.3) is 5.91 Å². The van der Waals surface area contributed by atoms with E-state index in [0.29, 0.717) is 23.3 Å². The zero-order valence-corrected chi connectivity index (χ0v) is 23.3. The molecule has 0 saturated heterocycles. The van der Waals surface area contributed by atoms with Gasteiger partial charge in [0.15, 0.2) is 11.5 Å². The van der Waals surface area contributed by atoms with E-state index in [9.17, 15) is 22.8 Å². The van der Waals surface area contributed by atoms with Gasteiger partial charge >= 0.3 is 12.1 Å². The number of aromatic nitrogens is 1. The number of hydrazone groups is 1. The smallest absolute Gasteiger partial charge is 0.418 e. The van der Waals surface area contributed by atoms with Crippen molar-refractivity contribution in [1.82, 2.24) is 10.4 Å². The van der Waals surface area contributed by atoms with Gasteiger partial charge < -0.3 is 14.5 Å². The summed E-state index contributed by atoms with van der Waals surface area (Å²) in [5, 5.41) is 4.43. The predicted octanol–water partition coefficient (Wildman–Crippen LogP) is 7.89. The number of ether oxygens (including phenoxy) is 2. The van der Waals surface area contributed by atoms with E-state index >= 15 is 0 Å². The molecule has 0 radical (unpaired) electrons. The number of alkyl halides is 3. The number of carbonyl (C=O) groups is 2. The first kappa shape index (κ1) is 29.4. The summed E-state index contributed by atoms with van der Waals surface area (Å²) in [6.07, 6.45) is -3.34. The average Bonchev–Trinajstić information content (AvgIpc) is 3.38. The Labute approximate surface area is 248 Å². The van der Waals surface area contributed by atoms with Crippen molar-refractivity contribution in [2.24, 2.45) is 5.10 Å². The van der Waals surface area contributed by atoms with Gasteiger partial charge in [-0.1, -0.05) is 60.1 Å². The second-order valence-corrected chi connectivity index (χ2v) is 9.58. The average molecular weight is 606 g/mol. The largest absolute Gasteiger partial charge is 0.490 e. The minimum Gasteiger partial charge on any atom is -0.490 e. The SMILES string of the molecule is CCOc1cc(C=NNC(=O)c2[nH]c3c(C(F)(F)F)cccc3c2-c2ccccc2Cl)ccc1OC(=O)c1ccccc1. The third-order valence-corrected chi connectivity index (χ3v) is 6.70. The lowest BCUT2D eigenvalue weighted by Gasteiger charge is -2.11. The van der Waals surface area contributed by atoms with Crippen molar-refractivity contribution >= 4 is 40.6 Å². The van der Waals surface area contributed by atoms with Gasteiger partial charge in [-0.2, -0.15) is 18.3 Å². The fraction of sp³-hybridized carbons (Fsp3) is 0.0938. The number of fused-ring (bicyclic) bond motifs is 1. The van der Waals surface area contributed by atoms with Crippen LogP contribution in [0.5, 0.6) is 11.5 Å². The van der Waals surface area contributed by atoms with Crippen LogP contribution < -0.4 is 14.9 Å². The molecule has 0 spiro atoms. The molecule has 0 atom stereocenters. The van der Waals surface area contributed by atoms with Gasteiger partial charge in [0, 0.05) is 21.5 Å². The number of benzene rings is 4. The second kappa shape index (κ2) is 12.4. The Morgan fingerprint density at radius 2 is 1.70 bits per heavy atom. The van der Waals surface area contributed by atoms with E-state index in [2.05, 4.69) is 15.5 Å². The molecule has 0 bridgehead atoms. The lowest BCUT2D eigenvalue weighted by molar-refractivity contribution is -0.136. The molecule has 218 valence electrons. The molecule has 0 aliphatic rings. The highest BCUT2D eigenvalue weighted by Gasteiger charge is 2.35. The lowest BCUT2D eigenvalue weighted by atomic mass is 10.00. The van der Waals surface area contributed by atoms with Crippen molar-refractivity contribution < 1.29 is 32.2 Å². The Hall–Kier alpha value is -5.09. The molecular formula is C32H23ClF3N3O4. The zero-order chi connectivity index (χ0) is 30.6. The van der Waals surface area contributed by atoms with E-state index in [-0.39, 0.29) is 38.7 Å². The Bertz CT molecular complexity index is 1840. The van der Waals surface area contributed by atoms with Crippen LogP contribution in [0.4, 0.5) is 13.2 Å². The van der Waals surface area contributed by atoms with Crippen molar-refractivity contribution in [3.8, 4) is 22.6 Å². The molecule has 1 aromatic heterocycles. The molecule has 1 heterocycles. The monoisotopic (exact) mass is 605 g/mol. The molecule has 2 N–H and O–H groups in total. The summed E-state index contributed by atoms with van der Waals surface area (Å²) < 4.78 is 52.5. The first-order valence-electron chi connectivity index (χ1n) is 13.0. The standard InChI is InChI=1S/C32H23ClF3N3O4/c1-2-42-26-17-19(15-16-25(26)43-31(41)20-9-4-3-5-10-20)18-37-39-30(40)29-27(21-11-6-7-14-24(21)33)22-12-8-13-23(28(22)38-29)32(34,35)36/h3-18,38H,2H2,1H3,(H,39,40). The quantitative estimate of drug-likeness (QED) is 0.0814. The highest BCUT2D eigenvalue weighted by Crippen LogP contribution is 2.41. The lowest BCUT2D eigenvalue weighted by Crippen LogP contribution is -2.19. The first-order chi connectivity index (χ1) is 20.7. The zero-order valence-electron chi connectivity index (χ0n) is 22.5. The van der Waals surface area contributed by atoms with Gasteiger partial charge in [-0.3, -0.25) is 4.79 Å². The highest BCUT2D eigenvalue weighted by molar-refractivity contribution is 6.34. The number of H-pyrrole nitrogens is 1. The van der Waals surface area contributed by atoms with Crippen LogP contribution in [0.1, 0.15) is 38.9 Å². The number of rotatable bonds is 8. The van der Waals surface area contributed by atoms with Crippen molar-refractivity contribution in [2.75, 3.05) is 6.61 Å². The summed E-state index contributed by atoms with van der Waals surface area (Å²) in [4.78, 5) is 28.4. The highest BCUT2D eigenvalue weighted by atomic mass is 35.5. The summed E-state index contributed by atoms with van der Waals surface area (Å²) in [5.41, 5.74) is 2.50. The number of amides is 1. The number of nitrogens with zero attached hydrogens (tertiary/aromatic N) is 1. The number of carbonyl (C=O) groups excluding carboxylic acids is 2. The van der Waals surface area contributed by atoms with Crippen LogP contribution in [0, 0.1) is 0 Å². The van der Waals surface area contributed by atoms with E-state index < -0.39 is 23.6 Å². The number of hydrogen-bond acceptors (Lipinski definition) is 5. The fourth-order valence-corrected chi connectivity index (χ4v) is 4.71. The normalized spacial score (nSPS) is 11.6. The van der Waals surface area contributed by atoms with Crippen LogP contribution in [0.3, 0.4) is 0 Å². The molecule has 5 aromatic rings. The van der Waals surface area contributed by atoms with Crippen LogP contribution in [0.25, 0.3) is 22.0 Å². The molecule has 1 amide bonds. The first-order valence-corrected chi connectivity index (χ1v) is 13.4. The molecule has 7 nitrogen and oxygen atoms in total. The van der Waals surface area contributed by atoms with Crippen molar-refractivity contribution in [1.29, 1.82) is 0 Å². The van der Waals surface area contributed by atoms with Crippen LogP contribution in [-0.2, 0) is 6.18 Å². The van der Waals surface area contributed by atoms with E-state index in [1.807, 2.05) is 0 Å². The van der Waals surface area contributed by atoms with Crippen LogP contribution in [0.2, 0.25) is 5.02 Å². The maximum Gasteiger partial charge on any atom is 0.418 e. The van der Waals surface area contributed by atoms with E-state index in [1.54, 1.807) is 73.7 Å². The van der Waals surface area contributed by atoms with Crippen LogP contribution >= 0.6 is 11.6 Å². The van der Waals surface area contributed by atoms with E-state index in [1.165, 1.54) is 24.4 Å². The minimum atomic E-state index is -4.66. The van der Waals surface area contributed by atoms with Gasteiger partial charge in [-0.05, 0) is 55.0 Å². The van der Waals surface area contributed by atoms with Gasteiger partial charge in [0.1, 0.15) is 5.69 Å². The molecule has 0 unspecified atom stereocenters. The van der Waals surface area contributed by atoms with Crippen LogP contribution in [0.15, 0.2) is 96.1 Å². The van der Waals surface area contributed by atoms with Crippen LogP contribution in [-0.4, -0.2) is 29.7 Å². The molecule has 5 rings (SSSR count). The Morgan fingerprint density at radius 3 is 2.42 bits per heavy atom. The van der Waals surface area contributed by atoms with Gasteiger partial charge in [0.05, 0.1) is 29.5 Å². The summed E-state index contributed by atoms with van der Waals surface area (Å²) in [7, 11) is 0. The molecule has 0 aliphatic carbocycles. The van der Waals surface area contributed by atoms with Gasteiger partial charge in [0.2, 0.25) is 0 Å². The van der Waals surface area contributed by atoms with Crippen molar-refractivity contribution in [3.63, 3.8) is 0 Å². The molecular weight excluding hydrogens is 583 g/mol. The summed E-state index contributed by atoms with van der Waals surface area (Å²) in [6.45, 7) is 2.06. The van der Waals surface area contributed by atoms with Gasteiger partial charge in [-0.25, -0.2) is 10.2 Å². The Kier molecular flexibility index (Phi) is 8.49. The van der Waals surface area contributed by atoms with Gasteiger partial charge in [-0.15, -0.1) is 0 Å². The third-order valence-electron chi connectivity index (χ3n) is 6.37. The topological polar surface area (TPSA) is 92.8 Å². The van der Waals surface area contributed by atoms with Crippen molar-refractivity contribution in [2.45, 2.75) is 13.1 Å². The Balaban J connectivity index is 1.43. The molecule has 0 saturated carbocycles. The number of aromatic amines is 1. The molecule has 4 aromatic carbocycles. The third kappa shape index (κ3) is 6.39. The minimum absolute atomic E-state index is 0.143.